The Bertz CT molecular complexity index is 860. The number of hydrogen-bond donors (Lipinski definition) is 0. The van der Waals surface area contributed by atoms with E-state index < -0.39 is 26.7 Å². The Morgan fingerprint density at radius 2 is 0.759 bits per heavy atom. The molecule has 3 aromatic carbocycles. The topological polar surface area (TPSA) is 78.9 Å². The average Bonchev–Trinajstić information content (AvgIpc) is 2.75. The van der Waals surface area contributed by atoms with Crippen LogP contribution in [0, 0.1) is 0 Å². The maximum absolute atomic E-state index is 12.5. The Kier molecular flexibility index (Phi) is 6.21. The fourth-order valence-corrected chi connectivity index (χ4v) is 3.96. The fourth-order valence-electron chi connectivity index (χ4n) is 2.47. The van der Waals surface area contributed by atoms with Crippen LogP contribution in [0.5, 0.6) is 0 Å². The largest absolute Gasteiger partial charge is 0.702 e. The highest BCUT2D eigenvalue weighted by Gasteiger charge is 2.48. The van der Waals surface area contributed by atoms with E-state index in [-0.39, 0.29) is 16.7 Å². The van der Waals surface area contributed by atoms with Crippen molar-refractivity contribution in [3.05, 3.63) is 108 Å². The molecular weight excluding hydrogens is 388 g/mol. The van der Waals surface area contributed by atoms with Crippen LogP contribution in [0.3, 0.4) is 0 Å². The van der Waals surface area contributed by atoms with Crippen molar-refractivity contribution in [3.8, 4) is 0 Å². The molecule has 7 heteroatoms. The van der Waals surface area contributed by atoms with Crippen molar-refractivity contribution in [2.75, 3.05) is 0 Å². The lowest BCUT2D eigenvalue weighted by Crippen LogP contribution is -2.47. The summed E-state index contributed by atoms with van der Waals surface area (Å²) in [6.45, 7) is 1.33. The van der Waals surface area contributed by atoms with Crippen molar-refractivity contribution in [1.82, 2.24) is 0 Å². The van der Waals surface area contributed by atoms with Gasteiger partial charge in [-0.15, -0.1) is 0 Å². The van der Waals surface area contributed by atoms with Gasteiger partial charge in [0.15, 0.2) is 0 Å². The summed E-state index contributed by atoms with van der Waals surface area (Å²) in [7, 11) is -4.04. The first-order chi connectivity index (χ1) is 14.0. The smallest absolute Gasteiger partial charge is 0.452 e. The highest BCUT2D eigenvalue weighted by atomic mass is 28.4. The minimum Gasteiger partial charge on any atom is -0.452 e. The highest BCUT2D eigenvalue weighted by molar-refractivity contribution is 6.65. The molecule has 0 heterocycles. The van der Waals surface area contributed by atoms with Crippen molar-refractivity contribution < 1.29 is 27.7 Å². The molecule has 0 saturated carbocycles. The van der Waals surface area contributed by atoms with Crippen LogP contribution in [0.15, 0.2) is 91.0 Å². The molecule has 0 unspecified atom stereocenters. The number of carbonyl (C=O) groups excluding carboxylic acids is 3. The lowest BCUT2D eigenvalue weighted by Gasteiger charge is -2.24. The number of carbonyl (C=O) groups is 3. The van der Waals surface area contributed by atoms with Crippen LogP contribution in [0.2, 0.25) is 6.55 Å². The van der Waals surface area contributed by atoms with E-state index in [4.69, 9.17) is 13.3 Å². The van der Waals surface area contributed by atoms with E-state index in [1.807, 2.05) is 0 Å². The van der Waals surface area contributed by atoms with Gasteiger partial charge in [-0.25, -0.2) is 14.4 Å². The first-order valence-corrected chi connectivity index (χ1v) is 11.0. The Morgan fingerprint density at radius 3 is 1.00 bits per heavy atom. The fraction of sp³-hybridized carbons (Fsp3) is 0.0455. The Hall–Kier alpha value is -3.71. The van der Waals surface area contributed by atoms with Crippen LogP contribution in [0.1, 0.15) is 31.1 Å². The summed E-state index contributed by atoms with van der Waals surface area (Å²) in [4.78, 5) is 37.6. The molecule has 3 rings (SSSR count). The average molecular weight is 406 g/mol. The minimum atomic E-state index is -4.04. The quantitative estimate of drug-likeness (QED) is 0.573. The van der Waals surface area contributed by atoms with Crippen molar-refractivity contribution in [2.24, 2.45) is 0 Å². The SMILES string of the molecule is C[Si](OC(=O)c1ccccc1)(OC(=O)c1ccccc1)OC(=O)c1ccccc1. The van der Waals surface area contributed by atoms with E-state index in [1.165, 1.54) is 6.55 Å². The van der Waals surface area contributed by atoms with Crippen LogP contribution >= 0.6 is 0 Å². The lowest BCUT2D eigenvalue weighted by atomic mass is 10.2. The van der Waals surface area contributed by atoms with Crippen LogP contribution in [0.25, 0.3) is 0 Å². The second kappa shape index (κ2) is 8.98. The van der Waals surface area contributed by atoms with Gasteiger partial charge < -0.3 is 13.3 Å². The van der Waals surface area contributed by atoms with Crippen molar-refractivity contribution in [3.63, 3.8) is 0 Å². The monoisotopic (exact) mass is 406 g/mol. The molecule has 0 aromatic heterocycles. The van der Waals surface area contributed by atoms with E-state index in [0.29, 0.717) is 0 Å². The van der Waals surface area contributed by atoms with Gasteiger partial charge in [-0.2, -0.15) is 0 Å². The Morgan fingerprint density at radius 1 is 0.517 bits per heavy atom. The van der Waals surface area contributed by atoms with Crippen molar-refractivity contribution in [1.29, 1.82) is 0 Å². The van der Waals surface area contributed by atoms with Gasteiger partial charge in [0, 0.05) is 6.55 Å². The van der Waals surface area contributed by atoms with E-state index in [1.54, 1.807) is 91.0 Å². The molecule has 146 valence electrons. The molecule has 6 nitrogen and oxygen atoms in total. The van der Waals surface area contributed by atoms with Crippen LogP contribution < -0.4 is 0 Å². The third-order valence-electron chi connectivity index (χ3n) is 3.86. The van der Waals surface area contributed by atoms with Gasteiger partial charge in [0.25, 0.3) is 0 Å². The molecule has 0 saturated heterocycles. The Labute approximate surface area is 169 Å². The summed E-state index contributed by atoms with van der Waals surface area (Å²) in [6, 6.07) is 24.6. The summed E-state index contributed by atoms with van der Waals surface area (Å²) in [5.41, 5.74) is 0.744. The van der Waals surface area contributed by atoms with E-state index in [9.17, 15) is 14.4 Å². The summed E-state index contributed by atoms with van der Waals surface area (Å²) < 4.78 is 16.3. The lowest BCUT2D eigenvalue weighted by molar-refractivity contribution is 0.0340. The third kappa shape index (κ3) is 5.39. The molecule has 0 fully saturated rings. The summed E-state index contributed by atoms with van der Waals surface area (Å²) in [5.74, 6) is -2.25. The maximum atomic E-state index is 12.5. The maximum Gasteiger partial charge on any atom is 0.702 e. The van der Waals surface area contributed by atoms with Gasteiger partial charge in [-0.05, 0) is 36.4 Å². The van der Waals surface area contributed by atoms with Gasteiger partial charge in [0.2, 0.25) is 0 Å². The van der Waals surface area contributed by atoms with Crippen LogP contribution in [0.4, 0.5) is 0 Å². The van der Waals surface area contributed by atoms with Crippen molar-refractivity contribution in [2.45, 2.75) is 6.55 Å². The van der Waals surface area contributed by atoms with Gasteiger partial charge >= 0.3 is 26.7 Å². The third-order valence-corrected chi connectivity index (χ3v) is 5.53. The summed E-state index contributed by atoms with van der Waals surface area (Å²) in [5, 5.41) is 0. The van der Waals surface area contributed by atoms with Gasteiger partial charge in [-0.3, -0.25) is 0 Å². The summed E-state index contributed by atoms with van der Waals surface area (Å²) >= 11 is 0. The minimum absolute atomic E-state index is 0.248. The Balaban J connectivity index is 1.84. The van der Waals surface area contributed by atoms with Gasteiger partial charge in [0.1, 0.15) is 0 Å². The zero-order valence-corrected chi connectivity index (χ0v) is 16.6. The second-order valence-electron chi connectivity index (χ2n) is 6.13. The predicted octanol–water partition coefficient (Wildman–Crippen LogP) is 4.13. The molecule has 0 aliphatic rings. The number of rotatable bonds is 6. The van der Waals surface area contributed by atoms with E-state index in [0.717, 1.165) is 0 Å². The molecule has 29 heavy (non-hydrogen) atoms. The van der Waals surface area contributed by atoms with Crippen molar-refractivity contribution >= 4 is 26.7 Å². The molecule has 0 aliphatic carbocycles. The van der Waals surface area contributed by atoms with E-state index in [2.05, 4.69) is 0 Å². The van der Waals surface area contributed by atoms with E-state index >= 15 is 0 Å². The second-order valence-corrected chi connectivity index (χ2v) is 8.47. The summed E-state index contributed by atoms with van der Waals surface area (Å²) in [6.07, 6.45) is 0. The predicted molar refractivity (Wildman–Crippen MR) is 107 cm³/mol. The molecule has 3 aromatic rings. The molecule has 0 aliphatic heterocycles. The zero-order chi connectivity index (χ0) is 20.7. The standard InChI is InChI=1S/C22H18O6Si/c1-29(26-20(23)17-11-5-2-6-12-17,27-21(24)18-13-7-3-8-14-18)28-22(25)19-15-9-4-10-16-19/h2-16H,1H3. The number of hydrogen-bond acceptors (Lipinski definition) is 6. The van der Waals surface area contributed by atoms with Crippen LogP contribution in [-0.2, 0) is 13.3 Å². The first kappa shape index (κ1) is 20.0. The highest BCUT2D eigenvalue weighted by Crippen LogP contribution is 2.18. The van der Waals surface area contributed by atoms with Gasteiger partial charge in [0.05, 0.1) is 16.7 Å². The molecule has 0 bridgehead atoms. The molecule has 0 radical (unpaired) electrons. The normalized spacial score (nSPS) is 10.7. The molecule has 0 N–H and O–H groups in total. The molecule has 0 spiro atoms. The zero-order valence-electron chi connectivity index (χ0n) is 15.6. The number of benzene rings is 3. The molecular formula is C22H18O6Si. The molecule has 0 amide bonds. The van der Waals surface area contributed by atoms with Crippen LogP contribution in [-0.4, -0.2) is 26.7 Å². The van der Waals surface area contributed by atoms with Gasteiger partial charge in [-0.1, -0.05) is 54.6 Å². The first-order valence-electron chi connectivity index (χ1n) is 8.82. The molecule has 0 atom stereocenters.